The fourth-order valence-corrected chi connectivity index (χ4v) is 4.97. The van der Waals surface area contributed by atoms with Gasteiger partial charge in [0.1, 0.15) is 12.4 Å². The third kappa shape index (κ3) is 5.11. The van der Waals surface area contributed by atoms with Crippen LogP contribution in [0, 0.1) is 0 Å². The zero-order chi connectivity index (χ0) is 18.6. The van der Waals surface area contributed by atoms with Gasteiger partial charge in [-0.1, -0.05) is 28.1 Å². The lowest BCUT2D eigenvalue weighted by atomic mass is 10.1. The predicted molar refractivity (Wildman–Crippen MR) is 109 cm³/mol. The lowest BCUT2D eigenvalue weighted by Gasteiger charge is -2.16. The van der Waals surface area contributed by atoms with E-state index in [9.17, 15) is 8.42 Å². The van der Waals surface area contributed by atoms with Gasteiger partial charge in [-0.25, -0.2) is 8.42 Å². The molecule has 1 unspecified atom stereocenters. The van der Waals surface area contributed by atoms with Crippen molar-refractivity contribution in [2.45, 2.75) is 12.5 Å². The van der Waals surface area contributed by atoms with E-state index in [2.05, 4.69) is 37.6 Å². The number of sulfone groups is 1. The molecule has 0 saturated carbocycles. The number of aliphatic imine (C=N–C) groups is 1. The Labute approximate surface area is 162 Å². The third-order valence-corrected chi connectivity index (χ3v) is 6.50. The smallest absolute Gasteiger partial charge is 0.191 e. The van der Waals surface area contributed by atoms with Gasteiger partial charge in [0.15, 0.2) is 15.8 Å². The second-order valence-electron chi connectivity index (χ2n) is 6.25. The second-order valence-corrected chi connectivity index (χ2v) is 9.39. The van der Waals surface area contributed by atoms with Gasteiger partial charge in [0, 0.05) is 17.6 Å². The summed E-state index contributed by atoms with van der Waals surface area (Å²) in [5.74, 6) is 1.81. The van der Waals surface area contributed by atoms with Crippen LogP contribution in [0.4, 0.5) is 0 Å². The van der Waals surface area contributed by atoms with Gasteiger partial charge in [-0.15, -0.1) is 0 Å². The van der Waals surface area contributed by atoms with Crippen molar-refractivity contribution in [2.24, 2.45) is 4.99 Å². The largest absolute Gasteiger partial charge is 0.492 e. The van der Waals surface area contributed by atoms with E-state index in [1.54, 1.807) is 7.05 Å². The van der Waals surface area contributed by atoms with Gasteiger partial charge >= 0.3 is 0 Å². The minimum atomic E-state index is -2.90. The van der Waals surface area contributed by atoms with Crippen molar-refractivity contribution < 1.29 is 13.2 Å². The van der Waals surface area contributed by atoms with Crippen molar-refractivity contribution >= 4 is 42.5 Å². The minimum Gasteiger partial charge on any atom is -0.492 e. The highest BCUT2D eigenvalue weighted by Crippen LogP contribution is 2.24. The van der Waals surface area contributed by atoms with E-state index in [-0.39, 0.29) is 17.5 Å². The van der Waals surface area contributed by atoms with Crippen LogP contribution in [0.25, 0.3) is 10.8 Å². The average molecular weight is 440 g/mol. The summed E-state index contributed by atoms with van der Waals surface area (Å²) in [4.78, 5) is 4.13. The van der Waals surface area contributed by atoms with Crippen LogP contribution < -0.4 is 15.4 Å². The maximum absolute atomic E-state index is 11.5. The summed E-state index contributed by atoms with van der Waals surface area (Å²) in [6.07, 6.45) is 0.618. The molecule has 1 saturated heterocycles. The van der Waals surface area contributed by atoms with E-state index in [0.717, 1.165) is 21.0 Å². The molecule has 1 heterocycles. The van der Waals surface area contributed by atoms with Crippen molar-refractivity contribution in [3.8, 4) is 5.75 Å². The zero-order valence-corrected chi connectivity index (χ0v) is 16.9. The molecule has 1 aliphatic heterocycles. The number of fused-ring (bicyclic) bond motifs is 1. The molecular formula is C18H22BrN3O3S. The van der Waals surface area contributed by atoms with E-state index in [1.807, 2.05) is 30.3 Å². The molecule has 26 heavy (non-hydrogen) atoms. The molecule has 1 aliphatic rings. The topological polar surface area (TPSA) is 79.8 Å². The first-order chi connectivity index (χ1) is 12.4. The number of benzene rings is 2. The van der Waals surface area contributed by atoms with Crippen LogP contribution in [0.1, 0.15) is 6.42 Å². The van der Waals surface area contributed by atoms with E-state index in [0.29, 0.717) is 25.5 Å². The molecule has 0 spiro atoms. The van der Waals surface area contributed by atoms with E-state index >= 15 is 0 Å². The van der Waals surface area contributed by atoms with Gasteiger partial charge in [0.2, 0.25) is 0 Å². The molecule has 2 aromatic rings. The van der Waals surface area contributed by atoms with E-state index in [1.165, 1.54) is 0 Å². The summed E-state index contributed by atoms with van der Waals surface area (Å²) in [6.45, 7) is 1.04. The van der Waals surface area contributed by atoms with Crippen molar-refractivity contribution in [1.29, 1.82) is 0 Å². The Morgan fingerprint density at radius 3 is 2.77 bits per heavy atom. The molecule has 6 nitrogen and oxygen atoms in total. The monoisotopic (exact) mass is 439 g/mol. The van der Waals surface area contributed by atoms with E-state index < -0.39 is 9.84 Å². The summed E-state index contributed by atoms with van der Waals surface area (Å²) in [7, 11) is -1.24. The number of halogens is 1. The highest BCUT2D eigenvalue weighted by molar-refractivity contribution is 9.10. The van der Waals surface area contributed by atoms with Crippen molar-refractivity contribution in [3.05, 3.63) is 40.9 Å². The van der Waals surface area contributed by atoms with Crippen molar-refractivity contribution in [1.82, 2.24) is 10.6 Å². The van der Waals surface area contributed by atoms with Crippen LogP contribution in [0.15, 0.2) is 45.9 Å². The molecule has 2 N–H and O–H groups in total. The molecule has 140 valence electrons. The molecule has 0 bridgehead atoms. The molecule has 0 aliphatic carbocycles. The normalized spacial score (nSPS) is 19.5. The van der Waals surface area contributed by atoms with Gasteiger partial charge in [-0.05, 0) is 41.5 Å². The van der Waals surface area contributed by atoms with Crippen LogP contribution >= 0.6 is 15.9 Å². The molecular weight excluding hydrogens is 418 g/mol. The number of guanidine groups is 1. The molecule has 0 radical (unpaired) electrons. The first-order valence-corrected chi connectivity index (χ1v) is 11.1. The standard InChI is InChI=1S/C18H22BrN3O3S/c1-20-18(22-16-6-9-26(23,24)12-16)21-7-8-25-17-5-3-13-10-15(19)4-2-14(13)11-17/h2-5,10-11,16H,6-9,12H2,1H3,(H2,20,21,22). The summed E-state index contributed by atoms with van der Waals surface area (Å²) in [5.41, 5.74) is 0. The highest BCUT2D eigenvalue weighted by atomic mass is 79.9. The van der Waals surface area contributed by atoms with Gasteiger partial charge in [-0.2, -0.15) is 0 Å². The number of hydrogen-bond acceptors (Lipinski definition) is 4. The molecule has 8 heteroatoms. The molecule has 0 amide bonds. The molecule has 0 aromatic heterocycles. The first-order valence-electron chi connectivity index (χ1n) is 8.45. The first kappa shape index (κ1) is 19.0. The van der Waals surface area contributed by atoms with Crippen molar-refractivity contribution in [2.75, 3.05) is 31.7 Å². The number of ether oxygens (including phenoxy) is 1. The Balaban J connectivity index is 1.46. The lowest BCUT2D eigenvalue weighted by molar-refractivity contribution is 0.322. The fourth-order valence-electron chi connectivity index (χ4n) is 2.92. The van der Waals surface area contributed by atoms with Gasteiger partial charge in [-0.3, -0.25) is 4.99 Å². The summed E-state index contributed by atoms with van der Waals surface area (Å²) in [6, 6.07) is 12.0. The summed E-state index contributed by atoms with van der Waals surface area (Å²) >= 11 is 3.47. The summed E-state index contributed by atoms with van der Waals surface area (Å²) < 4.78 is 29.9. The lowest BCUT2D eigenvalue weighted by Crippen LogP contribution is -2.45. The van der Waals surface area contributed by atoms with Crippen LogP contribution in [0.3, 0.4) is 0 Å². The van der Waals surface area contributed by atoms with Crippen LogP contribution in [-0.4, -0.2) is 52.1 Å². The van der Waals surface area contributed by atoms with Crippen LogP contribution in [0.5, 0.6) is 5.75 Å². The fraction of sp³-hybridized carbons (Fsp3) is 0.389. The number of nitrogens with one attached hydrogen (secondary N) is 2. The quantitative estimate of drug-likeness (QED) is 0.424. The second kappa shape index (κ2) is 8.26. The predicted octanol–water partition coefficient (Wildman–Crippen LogP) is 2.33. The average Bonchev–Trinajstić information content (AvgIpc) is 2.96. The zero-order valence-electron chi connectivity index (χ0n) is 14.5. The Morgan fingerprint density at radius 2 is 2.04 bits per heavy atom. The Bertz CT molecular complexity index is 915. The van der Waals surface area contributed by atoms with Crippen molar-refractivity contribution in [3.63, 3.8) is 0 Å². The Hall–Kier alpha value is -1.80. The SMILES string of the molecule is CN=C(NCCOc1ccc2cc(Br)ccc2c1)NC1CCS(=O)(=O)C1. The molecule has 1 atom stereocenters. The number of rotatable bonds is 5. The van der Waals surface area contributed by atoms with E-state index in [4.69, 9.17) is 4.74 Å². The maximum Gasteiger partial charge on any atom is 0.191 e. The third-order valence-electron chi connectivity index (χ3n) is 4.23. The van der Waals surface area contributed by atoms with Crippen LogP contribution in [0.2, 0.25) is 0 Å². The summed E-state index contributed by atoms with van der Waals surface area (Å²) in [5, 5.41) is 8.58. The number of nitrogens with zero attached hydrogens (tertiary/aromatic N) is 1. The highest BCUT2D eigenvalue weighted by Gasteiger charge is 2.28. The maximum atomic E-state index is 11.5. The van der Waals surface area contributed by atoms with Gasteiger partial charge in [0.25, 0.3) is 0 Å². The Morgan fingerprint density at radius 1 is 1.27 bits per heavy atom. The molecule has 1 fully saturated rings. The molecule has 3 rings (SSSR count). The number of hydrogen-bond donors (Lipinski definition) is 2. The van der Waals surface area contributed by atoms with Gasteiger partial charge in [0.05, 0.1) is 18.1 Å². The van der Waals surface area contributed by atoms with Gasteiger partial charge < -0.3 is 15.4 Å². The van der Waals surface area contributed by atoms with Crippen LogP contribution in [-0.2, 0) is 9.84 Å². The minimum absolute atomic E-state index is 0.0769. The Kier molecular flexibility index (Phi) is 6.03. The molecule has 2 aromatic carbocycles.